The molecular weight excluding hydrogens is 142 g/mol. The van der Waals surface area contributed by atoms with Crippen LogP contribution in [0, 0.1) is 5.41 Å². The Kier molecular flexibility index (Phi) is 2.75. The number of hydrogen-bond acceptors (Lipinski definition) is 2. The quantitative estimate of drug-likeness (QED) is 0.478. The SMILES string of the molecule is N=CC(=S)C1=CCCCC1. The summed E-state index contributed by atoms with van der Waals surface area (Å²) in [6, 6.07) is 0. The van der Waals surface area contributed by atoms with Crippen molar-refractivity contribution in [1.82, 2.24) is 0 Å². The zero-order valence-corrected chi connectivity index (χ0v) is 6.71. The first-order valence-corrected chi connectivity index (χ1v) is 3.99. The summed E-state index contributed by atoms with van der Waals surface area (Å²) in [7, 11) is 0. The van der Waals surface area contributed by atoms with Gasteiger partial charge in [0, 0.05) is 6.21 Å². The maximum absolute atomic E-state index is 6.94. The van der Waals surface area contributed by atoms with Crippen LogP contribution in [0.1, 0.15) is 25.7 Å². The molecule has 0 amide bonds. The average molecular weight is 153 g/mol. The summed E-state index contributed by atoms with van der Waals surface area (Å²) < 4.78 is 0. The van der Waals surface area contributed by atoms with Gasteiger partial charge in [0.1, 0.15) is 0 Å². The molecule has 0 aromatic rings. The molecule has 0 fully saturated rings. The second-order valence-electron chi connectivity index (χ2n) is 2.48. The van der Waals surface area contributed by atoms with E-state index in [1.807, 2.05) is 0 Å². The van der Waals surface area contributed by atoms with Gasteiger partial charge >= 0.3 is 0 Å². The lowest BCUT2D eigenvalue weighted by Crippen LogP contribution is -2.03. The van der Waals surface area contributed by atoms with Crippen molar-refractivity contribution in [1.29, 1.82) is 5.41 Å². The van der Waals surface area contributed by atoms with Crippen LogP contribution in [-0.2, 0) is 0 Å². The first kappa shape index (κ1) is 7.61. The summed E-state index contributed by atoms with van der Waals surface area (Å²) in [6.07, 6.45) is 8.17. The fraction of sp³-hybridized carbons (Fsp3) is 0.500. The molecule has 1 N–H and O–H groups in total. The largest absolute Gasteiger partial charge is 0.307 e. The van der Waals surface area contributed by atoms with Gasteiger partial charge in [-0.15, -0.1) is 0 Å². The third-order valence-electron chi connectivity index (χ3n) is 1.74. The van der Waals surface area contributed by atoms with E-state index < -0.39 is 0 Å². The number of thiocarbonyl (C=S) groups is 1. The molecule has 0 aliphatic heterocycles. The summed E-state index contributed by atoms with van der Waals surface area (Å²) in [6.45, 7) is 0. The van der Waals surface area contributed by atoms with Crippen LogP contribution < -0.4 is 0 Å². The Labute approximate surface area is 66.6 Å². The fourth-order valence-corrected chi connectivity index (χ4v) is 1.34. The van der Waals surface area contributed by atoms with Crippen molar-refractivity contribution in [3.63, 3.8) is 0 Å². The molecule has 10 heavy (non-hydrogen) atoms. The maximum Gasteiger partial charge on any atom is 0.0581 e. The first-order valence-electron chi connectivity index (χ1n) is 3.58. The molecule has 1 aliphatic carbocycles. The Morgan fingerprint density at radius 2 is 2.40 bits per heavy atom. The van der Waals surface area contributed by atoms with E-state index in [4.69, 9.17) is 17.6 Å². The highest BCUT2D eigenvalue weighted by Gasteiger charge is 2.05. The van der Waals surface area contributed by atoms with Gasteiger partial charge in [-0.25, -0.2) is 0 Å². The van der Waals surface area contributed by atoms with E-state index in [0.29, 0.717) is 0 Å². The number of nitrogens with one attached hydrogen (secondary N) is 1. The van der Waals surface area contributed by atoms with Gasteiger partial charge in [-0.3, -0.25) is 0 Å². The van der Waals surface area contributed by atoms with Crippen molar-refractivity contribution < 1.29 is 0 Å². The van der Waals surface area contributed by atoms with Crippen LogP contribution >= 0.6 is 12.2 Å². The molecule has 0 radical (unpaired) electrons. The minimum Gasteiger partial charge on any atom is -0.307 e. The Bertz CT molecular complexity index is 182. The third kappa shape index (κ3) is 1.74. The van der Waals surface area contributed by atoms with Crippen LogP contribution in [0.2, 0.25) is 0 Å². The summed E-state index contributed by atoms with van der Waals surface area (Å²) in [4.78, 5) is 0.722. The highest BCUT2D eigenvalue weighted by Crippen LogP contribution is 2.17. The summed E-state index contributed by atoms with van der Waals surface area (Å²) in [5, 5.41) is 6.94. The van der Waals surface area contributed by atoms with Crippen molar-refractivity contribution in [2.45, 2.75) is 25.7 Å². The van der Waals surface area contributed by atoms with Gasteiger partial charge < -0.3 is 5.41 Å². The second-order valence-corrected chi connectivity index (χ2v) is 2.92. The summed E-state index contributed by atoms with van der Waals surface area (Å²) in [5.74, 6) is 0. The lowest BCUT2D eigenvalue weighted by Gasteiger charge is -2.09. The molecule has 0 atom stereocenters. The van der Waals surface area contributed by atoms with Gasteiger partial charge in [0.2, 0.25) is 0 Å². The fourth-order valence-electron chi connectivity index (χ4n) is 1.15. The molecule has 0 unspecified atom stereocenters. The normalized spacial score (nSPS) is 17.8. The van der Waals surface area contributed by atoms with E-state index >= 15 is 0 Å². The van der Waals surface area contributed by atoms with Gasteiger partial charge in [0.15, 0.2) is 0 Å². The lowest BCUT2D eigenvalue weighted by atomic mass is 9.98. The topological polar surface area (TPSA) is 23.9 Å². The highest BCUT2D eigenvalue weighted by molar-refractivity contribution is 7.82. The van der Waals surface area contributed by atoms with Crippen LogP contribution in [0.4, 0.5) is 0 Å². The van der Waals surface area contributed by atoms with Crippen LogP contribution in [0.5, 0.6) is 0 Å². The van der Waals surface area contributed by atoms with E-state index in [9.17, 15) is 0 Å². The van der Waals surface area contributed by atoms with Gasteiger partial charge in [-0.05, 0) is 31.3 Å². The molecule has 0 aromatic heterocycles. The lowest BCUT2D eigenvalue weighted by molar-refractivity contribution is 0.719. The second kappa shape index (κ2) is 3.62. The van der Waals surface area contributed by atoms with Crippen molar-refractivity contribution in [3.05, 3.63) is 11.6 Å². The minimum atomic E-state index is 0.722. The van der Waals surface area contributed by atoms with Crippen molar-refractivity contribution >= 4 is 23.3 Å². The van der Waals surface area contributed by atoms with Gasteiger partial charge in [-0.1, -0.05) is 18.3 Å². The zero-order valence-electron chi connectivity index (χ0n) is 5.89. The molecular formula is C8H11NS. The van der Waals surface area contributed by atoms with E-state index in [0.717, 1.165) is 17.7 Å². The van der Waals surface area contributed by atoms with E-state index in [1.165, 1.54) is 24.6 Å². The van der Waals surface area contributed by atoms with Crippen molar-refractivity contribution in [2.75, 3.05) is 0 Å². The summed E-state index contributed by atoms with van der Waals surface area (Å²) >= 11 is 4.96. The molecule has 0 saturated heterocycles. The molecule has 0 spiro atoms. The Morgan fingerprint density at radius 3 is 2.90 bits per heavy atom. The number of rotatable bonds is 2. The van der Waals surface area contributed by atoms with Crippen LogP contribution in [0.3, 0.4) is 0 Å². The molecule has 0 aromatic carbocycles. The Morgan fingerprint density at radius 1 is 1.60 bits per heavy atom. The first-order chi connectivity index (χ1) is 4.84. The van der Waals surface area contributed by atoms with E-state index in [2.05, 4.69) is 6.08 Å². The smallest absolute Gasteiger partial charge is 0.0581 e. The van der Waals surface area contributed by atoms with Crippen LogP contribution in [-0.4, -0.2) is 11.1 Å². The molecule has 54 valence electrons. The van der Waals surface area contributed by atoms with E-state index in [1.54, 1.807) is 0 Å². The average Bonchev–Trinajstić information content (AvgIpc) is 2.05. The van der Waals surface area contributed by atoms with Gasteiger partial charge in [0.05, 0.1) is 4.86 Å². The maximum atomic E-state index is 6.94. The molecule has 0 saturated carbocycles. The van der Waals surface area contributed by atoms with Crippen molar-refractivity contribution in [3.8, 4) is 0 Å². The van der Waals surface area contributed by atoms with Crippen LogP contribution in [0.15, 0.2) is 11.6 Å². The van der Waals surface area contributed by atoms with Crippen molar-refractivity contribution in [2.24, 2.45) is 0 Å². The predicted molar refractivity (Wildman–Crippen MR) is 47.9 cm³/mol. The molecule has 1 nitrogen and oxygen atoms in total. The third-order valence-corrected chi connectivity index (χ3v) is 2.12. The molecule has 1 aliphatic rings. The highest BCUT2D eigenvalue weighted by atomic mass is 32.1. The minimum absolute atomic E-state index is 0.722. The Hall–Kier alpha value is -0.500. The molecule has 2 heteroatoms. The predicted octanol–water partition coefficient (Wildman–Crippen LogP) is 2.51. The van der Waals surface area contributed by atoms with Crippen LogP contribution in [0.25, 0.3) is 0 Å². The van der Waals surface area contributed by atoms with Gasteiger partial charge in [0.25, 0.3) is 0 Å². The summed E-state index contributed by atoms with van der Waals surface area (Å²) in [5.41, 5.74) is 1.20. The number of hydrogen-bond donors (Lipinski definition) is 1. The monoisotopic (exact) mass is 153 g/mol. The zero-order chi connectivity index (χ0) is 7.40. The molecule has 0 bridgehead atoms. The molecule has 0 heterocycles. The number of allylic oxidation sites excluding steroid dienone is 2. The van der Waals surface area contributed by atoms with E-state index in [-0.39, 0.29) is 0 Å². The molecule has 1 rings (SSSR count). The standard InChI is InChI=1S/C8H11NS/c9-6-8(10)7-4-2-1-3-5-7/h4,6,9H,1-3,5H2. The van der Waals surface area contributed by atoms with Gasteiger partial charge in [-0.2, -0.15) is 0 Å². The Balaban J connectivity index is 2.61.